The van der Waals surface area contributed by atoms with E-state index in [4.69, 9.17) is 14.4 Å². The molecule has 0 spiro atoms. The monoisotopic (exact) mass is 672 g/mol. The maximum atomic E-state index is 6.30. The number of rotatable bonds is 7. The van der Waals surface area contributed by atoms with E-state index in [1.165, 1.54) is 27.6 Å². The average molecular weight is 673 g/mol. The van der Waals surface area contributed by atoms with Crippen molar-refractivity contribution in [3.05, 3.63) is 191 Å². The summed E-state index contributed by atoms with van der Waals surface area (Å²) in [5, 5.41) is 1.19. The van der Waals surface area contributed by atoms with Gasteiger partial charge in [0.1, 0.15) is 11.3 Å². The zero-order chi connectivity index (χ0) is 35.4. The Labute approximate surface area is 306 Å². The quantitative estimate of drug-likeness (QED) is 0.123. The van der Waals surface area contributed by atoms with Gasteiger partial charge in [-0.15, -0.1) is 0 Å². The highest BCUT2D eigenvalue weighted by atomic mass is 16.3. The van der Waals surface area contributed by atoms with E-state index in [1.54, 1.807) is 0 Å². The number of allylic oxidation sites excluding steroid dienone is 2. The van der Waals surface area contributed by atoms with E-state index in [-0.39, 0.29) is 0 Å². The van der Waals surface area contributed by atoms with Crippen molar-refractivity contribution in [2.75, 3.05) is 0 Å². The van der Waals surface area contributed by atoms with Crippen LogP contribution in [0.2, 0.25) is 0 Å². The summed E-state index contributed by atoms with van der Waals surface area (Å²) in [6.07, 6.45) is 6.30. The summed E-state index contributed by atoms with van der Waals surface area (Å²) in [7, 11) is 0. The fraction of sp³-hybridized carbons (Fsp3) is 0.102. The van der Waals surface area contributed by atoms with Crippen molar-refractivity contribution in [3.8, 4) is 33.4 Å². The normalized spacial score (nSPS) is 12.9. The second kappa shape index (κ2) is 14.5. The van der Waals surface area contributed by atoms with Crippen LogP contribution in [0.3, 0.4) is 0 Å². The summed E-state index contributed by atoms with van der Waals surface area (Å²) in [5.74, 6) is 1.64. The summed E-state index contributed by atoms with van der Waals surface area (Å²) in [6, 6.07) is 53.2. The van der Waals surface area contributed by atoms with Gasteiger partial charge in [0.25, 0.3) is 0 Å². The molecule has 0 amide bonds. The molecule has 1 heterocycles. The number of hydrogen-bond acceptors (Lipinski definition) is 2. The molecule has 0 fully saturated rings. The summed E-state index contributed by atoms with van der Waals surface area (Å²) >= 11 is 0. The van der Waals surface area contributed by atoms with Crippen molar-refractivity contribution >= 4 is 34.3 Å². The Morgan fingerprint density at radius 2 is 1.12 bits per heavy atom. The van der Waals surface area contributed by atoms with E-state index in [0.717, 1.165) is 74.5 Å². The van der Waals surface area contributed by atoms with Crippen LogP contribution in [-0.2, 0) is 6.42 Å². The van der Waals surface area contributed by atoms with Crippen LogP contribution in [0.1, 0.15) is 55.2 Å². The fourth-order valence-electron chi connectivity index (χ4n) is 7.16. The summed E-state index contributed by atoms with van der Waals surface area (Å²) in [6.45, 7) is 6.31. The molecule has 252 valence electrons. The Hall–Kier alpha value is -6.32. The molecule has 6 aromatic carbocycles. The van der Waals surface area contributed by atoms with Crippen LogP contribution in [0.4, 0.5) is 0 Å². The Bertz CT molecular complexity index is 2530. The third-order valence-electron chi connectivity index (χ3n) is 9.72. The Morgan fingerprint density at radius 1 is 0.538 bits per heavy atom. The lowest BCUT2D eigenvalue weighted by Crippen LogP contribution is -2.05. The molecule has 0 saturated heterocycles. The fourth-order valence-corrected chi connectivity index (χ4v) is 7.16. The van der Waals surface area contributed by atoms with Crippen LogP contribution in [0.25, 0.3) is 56.1 Å². The van der Waals surface area contributed by atoms with Gasteiger partial charge in [0.15, 0.2) is 5.84 Å². The van der Waals surface area contributed by atoms with Gasteiger partial charge in [0.05, 0.1) is 5.70 Å². The average Bonchev–Trinajstić information content (AvgIpc) is 3.59. The molecular weight excluding hydrogens is 633 g/mol. The number of fused-ring (bicyclic) bond motifs is 3. The second-order valence-electron chi connectivity index (χ2n) is 13.5. The highest BCUT2D eigenvalue weighted by Crippen LogP contribution is 2.39. The summed E-state index contributed by atoms with van der Waals surface area (Å²) in [5.41, 5.74) is 15.2. The summed E-state index contributed by atoms with van der Waals surface area (Å²) < 4.78 is 6.30. The van der Waals surface area contributed by atoms with Gasteiger partial charge < -0.3 is 4.42 Å². The predicted octanol–water partition coefficient (Wildman–Crippen LogP) is 13.1. The second-order valence-corrected chi connectivity index (χ2v) is 13.5. The lowest BCUT2D eigenvalue weighted by atomic mass is 9.93. The Balaban J connectivity index is 1.26. The highest BCUT2D eigenvalue weighted by Gasteiger charge is 2.19. The van der Waals surface area contributed by atoms with Crippen LogP contribution >= 0.6 is 0 Å². The van der Waals surface area contributed by atoms with E-state index >= 15 is 0 Å². The molecule has 0 atom stereocenters. The first kappa shape index (κ1) is 32.9. The maximum absolute atomic E-state index is 6.30. The van der Waals surface area contributed by atoms with Gasteiger partial charge in [-0.25, -0.2) is 9.98 Å². The van der Waals surface area contributed by atoms with E-state index in [0.29, 0.717) is 5.84 Å². The Kier molecular flexibility index (Phi) is 9.16. The first-order valence-corrected chi connectivity index (χ1v) is 18.0. The van der Waals surface area contributed by atoms with Crippen molar-refractivity contribution in [3.63, 3.8) is 0 Å². The zero-order valence-corrected chi connectivity index (χ0v) is 29.8. The topological polar surface area (TPSA) is 37.9 Å². The first-order valence-electron chi connectivity index (χ1n) is 18.0. The maximum Gasteiger partial charge on any atom is 0.160 e. The molecule has 0 N–H and O–H groups in total. The standard InChI is InChI=1S/C49H40N2O/c1-33(2)48(39-23-14-21-37(31-39)42-26-11-10-25-41(42)36-19-8-5-9-20-36)51-49(50-34(3)35-17-6-4-7-18-35)40-24-15-22-38(32-40)43-28-16-30-46-47(43)44-27-12-13-29-45(44)52-46/h4-11,13-26,28-32H,12,27H2,1-3H3. The van der Waals surface area contributed by atoms with Crippen LogP contribution in [0.5, 0.6) is 0 Å². The van der Waals surface area contributed by atoms with Gasteiger partial charge in [-0.2, -0.15) is 0 Å². The van der Waals surface area contributed by atoms with Crippen molar-refractivity contribution < 1.29 is 4.42 Å². The number of aryl methyl sites for hydroxylation is 1. The van der Waals surface area contributed by atoms with Crippen molar-refractivity contribution in [1.82, 2.24) is 0 Å². The molecule has 1 aliphatic rings. The van der Waals surface area contributed by atoms with Gasteiger partial charge in [0.2, 0.25) is 0 Å². The lowest BCUT2D eigenvalue weighted by molar-refractivity contribution is 0.595. The molecule has 0 radical (unpaired) electrons. The number of nitrogens with zero attached hydrogens (tertiary/aromatic N) is 2. The van der Waals surface area contributed by atoms with E-state index in [9.17, 15) is 0 Å². The number of hydrogen-bond donors (Lipinski definition) is 0. The predicted molar refractivity (Wildman–Crippen MR) is 220 cm³/mol. The van der Waals surface area contributed by atoms with Crippen molar-refractivity contribution in [2.45, 2.75) is 33.6 Å². The third-order valence-corrected chi connectivity index (χ3v) is 9.72. The first-order chi connectivity index (χ1) is 25.5. The molecule has 52 heavy (non-hydrogen) atoms. The minimum absolute atomic E-state index is 0.666. The number of aliphatic imine (C=N–C) groups is 2. The number of benzene rings is 6. The van der Waals surface area contributed by atoms with E-state index in [1.807, 2.05) is 18.2 Å². The molecule has 7 aromatic rings. The molecule has 1 aromatic heterocycles. The molecule has 0 unspecified atom stereocenters. The molecule has 0 bridgehead atoms. The van der Waals surface area contributed by atoms with Crippen molar-refractivity contribution in [1.29, 1.82) is 0 Å². The van der Waals surface area contributed by atoms with Crippen LogP contribution in [0.15, 0.2) is 178 Å². The van der Waals surface area contributed by atoms with Gasteiger partial charge in [-0.05, 0) is 96.8 Å². The third kappa shape index (κ3) is 6.61. The van der Waals surface area contributed by atoms with Crippen LogP contribution in [0, 0.1) is 0 Å². The van der Waals surface area contributed by atoms with Gasteiger partial charge in [-0.3, -0.25) is 0 Å². The molecule has 8 rings (SSSR count). The molecular formula is C49H40N2O. The van der Waals surface area contributed by atoms with E-state index in [2.05, 4.69) is 166 Å². The van der Waals surface area contributed by atoms with Gasteiger partial charge >= 0.3 is 0 Å². The molecule has 1 aliphatic carbocycles. The lowest BCUT2D eigenvalue weighted by Gasteiger charge is -2.14. The highest BCUT2D eigenvalue weighted by molar-refractivity contribution is 6.13. The minimum atomic E-state index is 0.666. The SMILES string of the molecule is CC(=NC(=NC(=C(C)C)c1cccc(-c2ccccc2-c2ccccc2)c1)c1cccc(-c2cccc3oc4c(c23)CCC=C4)c1)c1ccccc1. The zero-order valence-electron chi connectivity index (χ0n) is 29.8. The van der Waals surface area contributed by atoms with Crippen molar-refractivity contribution in [2.24, 2.45) is 9.98 Å². The Morgan fingerprint density at radius 3 is 1.87 bits per heavy atom. The smallest absolute Gasteiger partial charge is 0.160 e. The van der Waals surface area contributed by atoms with Crippen LogP contribution in [-0.4, -0.2) is 11.5 Å². The number of amidine groups is 1. The molecule has 0 saturated carbocycles. The minimum Gasteiger partial charge on any atom is -0.456 e. The molecule has 3 nitrogen and oxygen atoms in total. The van der Waals surface area contributed by atoms with Gasteiger partial charge in [-0.1, -0.05) is 145 Å². The van der Waals surface area contributed by atoms with Crippen LogP contribution < -0.4 is 0 Å². The molecule has 0 aliphatic heterocycles. The van der Waals surface area contributed by atoms with Gasteiger partial charge in [0, 0.05) is 27.8 Å². The van der Waals surface area contributed by atoms with E-state index < -0.39 is 0 Å². The summed E-state index contributed by atoms with van der Waals surface area (Å²) in [4.78, 5) is 10.7. The number of furan rings is 1. The molecule has 3 heteroatoms. The largest absolute Gasteiger partial charge is 0.456 e.